The SMILES string of the molecule is CCC(C)S(=O)(=O)N(C)C. The molecule has 0 aliphatic rings. The van der Waals surface area contributed by atoms with Crippen LogP contribution in [0.2, 0.25) is 0 Å². The van der Waals surface area contributed by atoms with Crippen LogP contribution in [0.15, 0.2) is 0 Å². The minimum Gasteiger partial charge on any atom is -0.212 e. The molecule has 0 aromatic rings. The maximum absolute atomic E-state index is 11.2. The lowest BCUT2D eigenvalue weighted by Crippen LogP contribution is -2.30. The third-order valence-corrected chi connectivity index (χ3v) is 3.96. The van der Waals surface area contributed by atoms with Gasteiger partial charge in [-0.1, -0.05) is 6.92 Å². The molecule has 0 saturated heterocycles. The summed E-state index contributed by atoms with van der Waals surface area (Å²) in [6.07, 6.45) is 0.667. The van der Waals surface area contributed by atoms with Gasteiger partial charge in [0.1, 0.15) is 0 Å². The molecule has 0 spiro atoms. The van der Waals surface area contributed by atoms with E-state index in [-0.39, 0.29) is 5.25 Å². The molecule has 1 atom stereocenters. The van der Waals surface area contributed by atoms with E-state index in [9.17, 15) is 8.42 Å². The summed E-state index contributed by atoms with van der Waals surface area (Å²) < 4.78 is 23.6. The summed E-state index contributed by atoms with van der Waals surface area (Å²) in [6, 6.07) is 0. The molecule has 1 unspecified atom stereocenters. The minimum absolute atomic E-state index is 0.262. The van der Waals surface area contributed by atoms with Crippen LogP contribution >= 0.6 is 0 Å². The molecule has 0 fully saturated rings. The molecule has 0 radical (unpaired) electrons. The monoisotopic (exact) mass is 165 g/mol. The molecule has 0 saturated carbocycles. The van der Waals surface area contributed by atoms with Crippen molar-refractivity contribution in [3.05, 3.63) is 0 Å². The molecule has 0 aromatic heterocycles. The number of nitrogens with zero attached hydrogens (tertiary/aromatic N) is 1. The largest absolute Gasteiger partial charge is 0.216 e. The minimum atomic E-state index is -2.99. The fourth-order valence-corrected chi connectivity index (χ4v) is 1.71. The second-order valence-electron chi connectivity index (χ2n) is 2.55. The van der Waals surface area contributed by atoms with E-state index in [1.165, 1.54) is 4.31 Å². The summed E-state index contributed by atoms with van der Waals surface area (Å²) in [6.45, 7) is 3.58. The molecule has 3 nitrogen and oxygen atoms in total. The van der Waals surface area contributed by atoms with E-state index >= 15 is 0 Å². The van der Waals surface area contributed by atoms with Gasteiger partial charge in [0.2, 0.25) is 10.0 Å². The fraction of sp³-hybridized carbons (Fsp3) is 1.00. The highest BCUT2D eigenvalue weighted by Crippen LogP contribution is 2.06. The van der Waals surface area contributed by atoms with E-state index in [4.69, 9.17) is 0 Å². The van der Waals surface area contributed by atoms with Gasteiger partial charge in [-0.25, -0.2) is 12.7 Å². The van der Waals surface area contributed by atoms with Gasteiger partial charge in [-0.3, -0.25) is 0 Å². The second-order valence-corrected chi connectivity index (χ2v) is 5.11. The molecule has 0 bridgehead atoms. The first-order valence-electron chi connectivity index (χ1n) is 3.34. The first-order chi connectivity index (χ1) is 4.42. The van der Waals surface area contributed by atoms with Crippen molar-refractivity contribution in [2.75, 3.05) is 14.1 Å². The molecule has 0 aliphatic heterocycles. The highest BCUT2D eigenvalue weighted by molar-refractivity contribution is 7.89. The van der Waals surface area contributed by atoms with Crippen LogP contribution in [0.3, 0.4) is 0 Å². The topological polar surface area (TPSA) is 37.4 Å². The van der Waals surface area contributed by atoms with E-state index in [1.807, 2.05) is 6.92 Å². The number of rotatable bonds is 3. The average Bonchev–Trinajstić information content (AvgIpc) is 1.86. The number of sulfonamides is 1. The third kappa shape index (κ3) is 1.95. The van der Waals surface area contributed by atoms with E-state index < -0.39 is 10.0 Å². The Hall–Kier alpha value is -0.0900. The fourth-order valence-electron chi connectivity index (χ4n) is 0.571. The van der Waals surface area contributed by atoms with Crippen LogP contribution in [0.1, 0.15) is 20.3 Å². The van der Waals surface area contributed by atoms with E-state index in [0.717, 1.165) is 0 Å². The van der Waals surface area contributed by atoms with Crippen LogP contribution in [0.5, 0.6) is 0 Å². The van der Waals surface area contributed by atoms with Crippen molar-refractivity contribution >= 4 is 10.0 Å². The zero-order chi connectivity index (χ0) is 8.36. The normalized spacial score (nSPS) is 15.7. The molecule has 4 heteroatoms. The van der Waals surface area contributed by atoms with Crippen molar-refractivity contribution in [3.63, 3.8) is 0 Å². The highest BCUT2D eigenvalue weighted by atomic mass is 32.2. The average molecular weight is 165 g/mol. The van der Waals surface area contributed by atoms with Gasteiger partial charge >= 0.3 is 0 Å². The Morgan fingerprint density at radius 1 is 1.40 bits per heavy atom. The smallest absolute Gasteiger partial charge is 0.212 e. The van der Waals surface area contributed by atoms with Crippen molar-refractivity contribution in [2.24, 2.45) is 0 Å². The van der Waals surface area contributed by atoms with Gasteiger partial charge < -0.3 is 0 Å². The molecule has 62 valence electrons. The predicted octanol–water partition coefficient (Wildman–Crippen LogP) is 0.676. The molecular weight excluding hydrogens is 150 g/mol. The van der Waals surface area contributed by atoms with Gasteiger partial charge in [0, 0.05) is 14.1 Å². The van der Waals surface area contributed by atoms with Crippen LogP contribution in [-0.2, 0) is 10.0 Å². The Balaban J connectivity index is 4.42. The van der Waals surface area contributed by atoms with Crippen LogP contribution in [0, 0.1) is 0 Å². The predicted molar refractivity (Wildman–Crippen MR) is 42.4 cm³/mol. The first-order valence-corrected chi connectivity index (χ1v) is 4.84. The molecule has 0 rings (SSSR count). The van der Waals surface area contributed by atoms with Crippen molar-refractivity contribution in [2.45, 2.75) is 25.5 Å². The zero-order valence-electron chi connectivity index (χ0n) is 6.96. The van der Waals surface area contributed by atoms with Crippen molar-refractivity contribution in [1.82, 2.24) is 4.31 Å². The second kappa shape index (κ2) is 3.34. The van der Waals surface area contributed by atoms with Gasteiger partial charge in [-0.05, 0) is 13.3 Å². The van der Waals surface area contributed by atoms with E-state index in [1.54, 1.807) is 21.0 Å². The molecule has 0 aromatic carbocycles. The molecule has 0 heterocycles. The Morgan fingerprint density at radius 3 is 1.90 bits per heavy atom. The summed E-state index contributed by atoms with van der Waals surface area (Å²) >= 11 is 0. The van der Waals surface area contributed by atoms with Crippen molar-refractivity contribution in [3.8, 4) is 0 Å². The molecule has 0 amide bonds. The van der Waals surface area contributed by atoms with Crippen LogP contribution < -0.4 is 0 Å². The van der Waals surface area contributed by atoms with Gasteiger partial charge in [-0.2, -0.15) is 0 Å². The quantitative estimate of drug-likeness (QED) is 0.616. The zero-order valence-corrected chi connectivity index (χ0v) is 7.77. The summed E-state index contributed by atoms with van der Waals surface area (Å²) in [5.41, 5.74) is 0. The maximum Gasteiger partial charge on any atom is 0.216 e. The molecule has 10 heavy (non-hydrogen) atoms. The number of hydrogen-bond donors (Lipinski definition) is 0. The lowest BCUT2D eigenvalue weighted by molar-refractivity contribution is 0.506. The lowest BCUT2D eigenvalue weighted by Gasteiger charge is -2.15. The Kier molecular flexibility index (Phi) is 3.31. The van der Waals surface area contributed by atoms with Gasteiger partial charge in [0.05, 0.1) is 5.25 Å². The van der Waals surface area contributed by atoms with Gasteiger partial charge in [-0.15, -0.1) is 0 Å². The van der Waals surface area contributed by atoms with Gasteiger partial charge in [0.15, 0.2) is 0 Å². The number of hydrogen-bond acceptors (Lipinski definition) is 2. The van der Waals surface area contributed by atoms with Gasteiger partial charge in [0.25, 0.3) is 0 Å². The molecule has 0 aliphatic carbocycles. The Bertz CT molecular complexity index is 184. The van der Waals surface area contributed by atoms with Crippen LogP contribution in [0.4, 0.5) is 0 Å². The maximum atomic E-state index is 11.2. The summed E-state index contributed by atoms with van der Waals surface area (Å²) in [5, 5.41) is -0.262. The molecule has 0 N–H and O–H groups in total. The Labute approximate surface area is 63.1 Å². The van der Waals surface area contributed by atoms with E-state index in [0.29, 0.717) is 6.42 Å². The summed E-state index contributed by atoms with van der Waals surface area (Å²) in [4.78, 5) is 0. The van der Waals surface area contributed by atoms with Crippen LogP contribution in [-0.4, -0.2) is 32.1 Å². The third-order valence-electron chi connectivity index (χ3n) is 1.59. The standard InChI is InChI=1S/C6H15NO2S/c1-5-6(2)10(8,9)7(3)4/h6H,5H2,1-4H3. The summed E-state index contributed by atoms with van der Waals surface area (Å²) in [7, 11) is 0.120. The first kappa shape index (κ1) is 9.91. The van der Waals surface area contributed by atoms with Crippen molar-refractivity contribution in [1.29, 1.82) is 0 Å². The highest BCUT2D eigenvalue weighted by Gasteiger charge is 2.20. The lowest BCUT2D eigenvalue weighted by atomic mass is 10.4. The van der Waals surface area contributed by atoms with Crippen molar-refractivity contribution < 1.29 is 8.42 Å². The van der Waals surface area contributed by atoms with E-state index in [2.05, 4.69) is 0 Å². The molecular formula is C6H15NO2S. The summed E-state index contributed by atoms with van der Waals surface area (Å²) in [5.74, 6) is 0. The van der Waals surface area contributed by atoms with Crippen LogP contribution in [0.25, 0.3) is 0 Å². The Morgan fingerprint density at radius 2 is 1.80 bits per heavy atom.